The fraction of sp³-hybridized carbons (Fsp3) is 0.938. The van der Waals surface area contributed by atoms with E-state index in [0.717, 1.165) is 6.54 Å². The lowest BCUT2D eigenvalue weighted by atomic mass is 9.82. The maximum atomic E-state index is 11.9. The van der Waals surface area contributed by atoms with Crippen molar-refractivity contribution in [2.24, 2.45) is 5.41 Å². The predicted octanol–water partition coefficient (Wildman–Crippen LogP) is 2.19. The average Bonchev–Trinajstić information content (AvgIpc) is 2.69. The van der Waals surface area contributed by atoms with E-state index in [1.165, 1.54) is 38.5 Å². The van der Waals surface area contributed by atoms with Gasteiger partial charge in [-0.3, -0.25) is 0 Å². The number of hydrogen-bond donors (Lipinski definition) is 3. The van der Waals surface area contributed by atoms with E-state index in [0.29, 0.717) is 32.6 Å². The van der Waals surface area contributed by atoms with Gasteiger partial charge in [-0.1, -0.05) is 32.6 Å². The first-order valence-corrected chi connectivity index (χ1v) is 8.33. The fourth-order valence-electron chi connectivity index (χ4n) is 3.29. The van der Waals surface area contributed by atoms with E-state index in [2.05, 4.69) is 17.6 Å². The first-order chi connectivity index (χ1) is 10.0. The maximum Gasteiger partial charge on any atom is 0.314 e. The summed E-state index contributed by atoms with van der Waals surface area (Å²) in [6.07, 6.45) is 8.71. The van der Waals surface area contributed by atoms with Gasteiger partial charge < -0.3 is 20.5 Å². The molecule has 0 aromatic carbocycles. The zero-order chi connectivity index (χ0) is 15.2. The van der Waals surface area contributed by atoms with Crippen LogP contribution in [0.2, 0.25) is 0 Å². The molecule has 2 aliphatic rings. The van der Waals surface area contributed by atoms with E-state index in [1.807, 2.05) is 0 Å². The number of carbonyl (C=O) groups is 1. The van der Waals surface area contributed by atoms with Gasteiger partial charge in [-0.2, -0.15) is 0 Å². The molecule has 0 unspecified atom stereocenters. The summed E-state index contributed by atoms with van der Waals surface area (Å²) in [5, 5.41) is 16.1. The lowest BCUT2D eigenvalue weighted by Gasteiger charge is -2.32. The highest BCUT2D eigenvalue weighted by Gasteiger charge is 2.30. The molecule has 122 valence electrons. The minimum absolute atomic E-state index is 0.166. The van der Waals surface area contributed by atoms with Gasteiger partial charge in [0.05, 0.1) is 5.60 Å². The summed E-state index contributed by atoms with van der Waals surface area (Å²) in [6, 6.07) is -0.166. The summed E-state index contributed by atoms with van der Waals surface area (Å²) in [4.78, 5) is 11.9. The number of nitrogens with one attached hydrogen (secondary N) is 2. The Kier molecular flexibility index (Phi) is 5.88. The summed E-state index contributed by atoms with van der Waals surface area (Å²) in [5.41, 5.74) is -0.578. The Labute approximate surface area is 127 Å². The van der Waals surface area contributed by atoms with Crippen molar-refractivity contribution in [3.05, 3.63) is 0 Å². The van der Waals surface area contributed by atoms with Gasteiger partial charge in [0.1, 0.15) is 0 Å². The number of hydrogen-bond acceptors (Lipinski definition) is 3. The van der Waals surface area contributed by atoms with Crippen LogP contribution in [0, 0.1) is 5.41 Å². The molecule has 1 saturated heterocycles. The Morgan fingerprint density at radius 1 is 1.00 bits per heavy atom. The smallest absolute Gasteiger partial charge is 0.314 e. The summed E-state index contributed by atoms with van der Waals surface area (Å²) in [6.45, 7) is 4.43. The first kappa shape index (κ1) is 16.6. The third-order valence-corrected chi connectivity index (χ3v) is 4.99. The van der Waals surface area contributed by atoms with Crippen molar-refractivity contribution in [1.29, 1.82) is 0 Å². The largest absolute Gasteiger partial charge is 0.388 e. The third kappa shape index (κ3) is 5.47. The van der Waals surface area contributed by atoms with Crippen LogP contribution in [0.3, 0.4) is 0 Å². The Balaban J connectivity index is 1.69. The van der Waals surface area contributed by atoms with Gasteiger partial charge in [-0.05, 0) is 18.3 Å². The highest BCUT2D eigenvalue weighted by Crippen LogP contribution is 2.33. The lowest BCUT2D eigenvalue weighted by molar-refractivity contribution is -0.0600. The minimum Gasteiger partial charge on any atom is -0.388 e. The van der Waals surface area contributed by atoms with Gasteiger partial charge in [0, 0.05) is 39.1 Å². The number of amides is 2. The molecule has 0 radical (unpaired) electrons. The van der Waals surface area contributed by atoms with Crippen LogP contribution in [0.15, 0.2) is 0 Å². The molecule has 1 heterocycles. The van der Waals surface area contributed by atoms with Crippen LogP contribution in [0.5, 0.6) is 0 Å². The van der Waals surface area contributed by atoms with Gasteiger partial charge in [0.2, 0.25) is 0 Å². The number of urea groups is 1. The molecule has 0 bridgehead atoms. The molecule has 1 aliphatic heterocycles. The highest BCUT2D eigenvalue weighted by molar-refractivity contribution is 5.73. The lowest BCUT2D eigenvalue weighted by Crippen LogP contribution is -2.50. The fourth-order valence-corrected chi connectivity index (χ4v) is 3.29. The Morgan fingerprint density at radius 3 is 2.19 bits per heavy atom. The zero-order valence-corrected chi connectivity index (χ0v) is 13.2. The second-order valence-corrected chi connectivity index (χ2v) is 7.10. The van der Waals surface area contributed by atoms with Crippen LogP contribution < -0.4 is 10.6 Å². The summed E-state index contributed by atoms with van der Waals surface area (Å²) < 4.78 is 5.24. The molecule has 0 atom stereocenters. The van der Waals surface area contributed by atoms with E-state index in [9.17, 15) is 9.90 Å². The van der Waals surface area contributed by atoms with Crippen molar-refractivity contribution in [2.75, 3.05) is 26.3 Å². The molecule has 1 aliphatic carbocycles. The normalized spacial score (nSPS) is 24.9. The summed E-state index contributed by atoms with van der Waals surface area (Å²) in [7, 11) is 0. The van der Waals surface area contributed by atoms with Crippen LogP contribution >= 0.6 is 0 Å². The maximum absolute atomic E-state index is 11.9. The Hall–Kier alpha value is -0.810. The van der Waals surface area contributed by atoms with Crippen molar-refractivity contribution in [3.63, 3.8) is 0 Å². The van der Waals surface area contributed by atoms with E-state index in [4.69, 9.17) is 4.74 Å². The first-order valence-electron chi connectivity index (χ1n) is 8.33. The quantitative estimate of drug-likeness (QED) is 0.697. The van der Waals surface area contributed by atoms with Gasteiger partial charge in [0.25, 0.3) is 0 Å². The third-order valence-electron chi connectivity index (χ3n) is 4.99. The molecule has 21 heavy (non-hydrogen) atoms. The highest BCUT2D eigenvalue weighted by atomic mass is 16.5. The van der Waals surface area contributed by atoms with Crippen molar-refractivity contribution in [1.82, 2.24) is 10.6 Å². The SMILES string of the molecule is CC1(CNC(=O)NCC2(O)CCOCC2)CCCCCC1. The number of carbonyl (C=O) groups excluding carboxylic acids is 1. The van der Waals surface area contributed by atoms with Crippen LogP contribution in [0.25, 0.3) is 0 Å². The van der Waals surface area contributed by atoms with Gasteiger partial charge >= 0.3 is 6.03 Å². The van der Waals surface area contributed by atoms with E-state index >= 15 is 0 Å². The molecule has 3 N–H and O–H groups in total. The molecule has 5 heteroatoms. The molecule has 2 amide bonds. The standard InChI is InChI=1S/C16H30N2O3/c1-15(6-4-2-3-5-7-15)12-17-14(19)18-13-16(20)8-10-21-11-9-16/h20H,2-13H2,1H3,(H2,17,18,19). The topological polar surface area (TPSA) is 70.6 Å². The molecular weight excluding hydrogens is 268 g/mol. The summed E-state index contributed by atoms with van der Waals surface area (Å²) >= 11 is 0. The minimum atomic E-state index is -0.804. The predicted molar refractivity (Wildman–Crippen MR) is 82.2 cm³/mol. The van der Waals surface area contributed by atoms with Crippen molar-refractivity contribution < 1.29 is 14.6 Å². The van der Waals surface area contributed by atoms with Crippen molar-refractivity contribution in [3.8, 4) is 0 Å². The van der Waals surface area contributed by atoms with E-state index in [-0.39, 0.29) is 11.4 Å². The Morgan fingerprint density at radius 2 is 1.57 bits per heavy atom. The van der Waals surface area contributed by atoms with E-state index < -0.39 is 5.60 Å². The molecular formula is C16H30N2O3. The average molecular weight is 298 g/mol. The van der Waals surface area contributed by atoms with Crippen molar-refractivity contribution >= 4 is 6.03 Å². The molecule has 1 saturated carbocycles. The number of rotatable bonds is 4. The molecule has 5 nitrogen and oxygen atoms in total. The molecule has 2 fully saturated rings. The van der Waals surface area contributed by atoms with Gasteiger partial charge in [0.15, 0.2) is 0 Å². The molecule has 0 aromatic heterocycles. The zero-order valence-electron chi connectivity index (χ0n) is 13.2. The van der Waals surface area contributed by atoms with E-state index in [1.54, 1.807) is 0 Å². The molecule has 2 rings (SSSR count). The van der Waals surface area contributed by atoms with Crippen LogP contribution in [0.4, 0.5) is 4.79 Å². The van der Waals surface area contributed by atoms with Crippen LogP contribution in [0.1, 0.15) is 58.3 Å². The summed E-state index contributed by atoms with van der Waals surface area (Å²) in [5.74, 6) is 0. The van der Waals surface area contributed by atoms with Crippen LogP contribution in [-0.2, 0) is 4.74 Å². The second-order valence-electron chi connectivity index (χ2n) is 7.10. The Bertz CT molecular complexity index is 332. The van der Waals surface area contributed by atoms with Crippen LogP contribution in [-0.4, -0.2) is 43.0 Å². The number of aliphatic hydroxyl groups is 1. The molecule has 0 spiro atoms. The number of ether oxygens (including phenoxy) is 1. The van der Waals surface area contributed by atoms with Crippen molar-refractivity contribution in [2.45, 2.75) is 63.9 Å². The van der Waals surface area contributed by atoms with Gasteiger partial charge in [-0.25, -0.2) is 4.79 Å². The molecule has 0 aromatic rings. The monoisotopic (exact) mass is 298 g/mol. The van der Waals surface area contributed by atoms with Gasteiger partial charge in [-0.15, -0.1) is 0 Å². The second kappa shape index (κ2) is 7.45.